The van der Waals surface area contributed by atoms with Gasteiger partial charge < -0.3 is 14.8 Å². The van der Waals surface area contributed by atoms with Gasteiger partial charge in [0.05, 0.1) is 25.8 Å². The van der Waals surface area contributed by atoms with Crippen LogP contribution in [0.5, 0.6) is 11.5 Å². The highest BCUT2D eigenvalue weighted by atomic mass is 32.1. The predicted octanol–water partition coefficient (Wildman–Crippen LogP) is 4.96. The van der Waals surface area contributed by atoms with Gasteiger partial charge in [-0.1, -0.05) is 37.3 Å². The molecule has 5 nitrogen and oxygen atoms in total. The highest BCUT2D eigenvalue weighted by Crippen LogP contribution is 2.35. The largest absolute Gasteiger partial charge is 0.497 e. The minimum absolute atomic E-state index is 0.0535. The summed E-state index contributed by atoms with van der Waals surface area (Å²) in [5.74, 6) is 1.17. The van der Waals surface area contributed by atoms with Crippen LogP contribution in [0.15, 0.2) is 53.9 Å². The molecule has 3 rings (SSSR count). The molecular weight excluding hydrogens is 360 g/mol. The minimum atomic E-state index is -0.204. The van der Waals surface area contributed by atoms with E-state index in [4.69, 9.17) is 9.47 Å². The van der Waals surface area contributed by atoms with Gasteiger partial charge in [0.1, 0.15) is 11.5 Å². The van der Waals surface area contributed by atoms with Gasteiger partial charge in [-0.3, -0.25) is 4.79 Å². The molecule has 1 atom stereocenters. The zero-order chi connectivity index (χ0) is 19.2. The molecule has 0 bridgehead atoms. The van der Waals surface area contributed by atoms with E-state index in [2.05, 4.69) is 10.3 Å². The van der Waals surface area contributed by atoms with Crippen molar-refractivity contribution in [1.29, 1.82) is 0 Å². The third kappa shape index (κ3) is 4.28. The van der Waals surface area contributed by atoms with E-state index in [9.17, 15) is 4.79 Å². The van der Waals surface area contributed by atoms with Gasteiger partial charge in [0.25, 0.3) is 0 Å². The lowest BCUT2D eigenvalue weighted by molar-refractivity contribution is -0.117. The second-order valence-corrected chi connectivity index (χ2v) is 6.82. The Bertz CT molecular complexity index is 909. The molecule has 0 spiro atoms. The molecule has 1 aromatic heterocycles. The van der Waals surface area contributed by atoms with E-state index in [0.29, 0.717) is 10.9 Å². The van der Waals surface area contributed by atoms with Gasteiger partial charge in [-0.15, -0.1) is 11.3 Å². The summed E-state index contributed by atoms with van der Waals surface area (Å²) in [5.41, 5.74) is 2.56. The van der Waals surface area contributed by atoms with E-state index in [0.717, 1.165) is 29.0 Å². The first kappa shape index (κ1) is 18.9. The number of aromatic nitrogens is 1. The van der Waals surface area contributed by atoms with Crippen molar-refractivity contribution in [3.63, 3.8) is 0 Å². The zero-order valence-corrected chi connectivity index (χ0v) is 16.4. The number of ether oxygens (including phenoxy) is 2. The normalized spacial score (nSPS) is 11.7. The molecule has 0 aliphatic heterocycles. The maximum atomic E-state index is 12.7. The van der Waals surface area contributed by atoms with Crippen LogP contribution in [0.2, 0.25) is 0 Å². The fraction of sp³-hybridized carbons (Fsp3) is 0.238. The van der Waals surface area contributed by atoms with Crippen LogP contribution in [-0.2, 0) is 4.79 Å². The SMILES string of the molecule is CC[C@H](C(=O)Nc1nc(-c2cc(OC)ccc2OC)cs1)c1ccccc1. The Labute approximate surface area is 163 Å². The van der Waals surface area contributed by atoms with Crippen molar-refractivity contribution < 1.29 is 14.3 Å². The number of methoxy groups -OCH3 is 2. The van der Waals surface area contributed by atoms with Gasteiger partial charge in [0.2, 0.25) is 5.91 Å². The number of thiazole rings is 1. The highest BCUT2D eigenvalue weighted by Gasteiger charge is 2.20. The van der Waals surface area contributed by atoms with E-state index in [1.165, 1.54) is 11.3 Å². The molecule has 0 saturated carbocycles. The molecule has 0 fully saturated rings. The molecule has 1 N–H and O–H groups in total. The average molecular weight is 382 g/mol. The number of amides is 1. The number of hydrogen-bond donors (Lipinski definition) is 1. The van der Waals surface area contributed by atoms with Crippen LogP contribution < -0.4 is 14.8 Å². The number of carbonyl (C=O) groups excluding carboxylic acids is 1. The number of rotatable bonds is 7. The molecule has 1 amide bonds. The Kier molecular flexibility index (Phi) is 6.08. The van der Waals surface area contributed by atoms with Crippen molar-refractivity contribution in [2.24, 2.45) is 0 Å². The van der Waals surface area contributed by atoms with Crippen LogP contribution in [-0.4, -0.2) is 25.1 Å². The standard InChI is InChI=1S/C21H22N2O3S/c1-4-16(14-8-6-5-7-9-14)20(24)23-21-22-18(13-27-21)17-12-15(25-2)10-11-19(17)26-3/h5-13,16H,4H2,1-3H3,(H,22,23,24)/t16-/m0/s1. The fourth-order valence-electron chi connectivity index (χ4n) is 2.92. The van der Waals surface area contributed by atoms with Crippen LogP contribution >= 0.6 is 11.3 Å². The number of carbonyl (C=O) groups is 1. The molecule has 0 saturated heterocycles. The number of nitrogens with one attached hydrogen (secondary N) is 1. The van der Waals surface area contributed by atoms with Crippen molar-refractivity contribution in [3.05, 3.63) is 59.5 Å². The molecule has 3 aromatic rings. The maximum Gasteiger partial charge on any atom is 0.233 e. The molecule has 0 aliphatic carbocycles. The van der Waals surface area contributed by atoms with Crippen LogP contribution in [0, 0.1) is 0 Å². The molecule has 0 unspecified atom stereocenters. The highest BCUT2D eigenvalue weighted by molar-refractivity contribution is 7.14. The molecular formula is C21H22N2O3S. The van der Waals surface area contributed by atoms with Crippen LogP contribution in [0.25, 0.3) is 11.3 Å². The Hall–Kier alpha value is -2.86. The minimum Gasteiger partial charge on any atom is -0.497 e. The lowest BCUT2D eigenvalue weighted by Crippen LogP contribution is -2.20. The molecule has 2 aromatic carbocycles. The first-order valence-electron chi connectivity index (χ1n) is 8.70. The van der Waals surface area contributed by atoms with Crippen LogP contribution in [0.4, 0.5) is 5.13 Å². The quantitative estimate of drug-likeness (QED) is 0.627. The summed E-state index contributed by atoms with van der Waals surface area (Å²) in [7, 11) is 3.23. The smallest absolute Gasteiger partial charge is 0.233 e. The van der Waals surface area contributed by atoms with Crippen molar-refractivity contribution in [1.82, 2.24) is 4.98 Å². The van der Waals surface area contributed by atoms with Crippen molar-refractivity contribution in [3.8, 4) is 22.8 Å². The van der Waals surface area contributed by atoms with E-state index in [1.54, 1.807) is 14.2 Å². The summed E-state index contributed by atoms with van der Waals surface area (Å²) in [6.07, 6.45) is 0.720. The molecule has 0 radical (unpaired) electrons. The second-order valence-electron chi connectivity index (χ2n) is 5.96. The van der Waals surface area contributed by atoms with E-state index in [1.807, 2.05) is 60.8 Å². The first-order chi connectivity index (χ1) is 13.2. The van der Waals surface area contributed by atoms with Gasteiger partial charge >= 0.3 is 0 Å². The first-order valence-corrected chi connectivity index (χ1v) is 9.58. The van der Waals surface area contributed by atoms with Gasteiger partial charge in [-0.25, -0.2) is 4.98 Å². The summed E-state index contributed by atoms with van der Waals surface area (Å²) in [5, 5.41) is 5.41. The van der Waals surface area contributed by atoms with Crippen LogP contribution in [0.1, 0.15) is 24.8 Å². The number of benzene rings is 2. The average Bonchev–Trinajstić information content (AvgIpc) is 3.17. The Morgan fingerprint density at radius 2 is 1.93 bits per heavy atom. The predicted molar refractivity (Wildman–Crippen MR) is 109 cm³/mol. The summed E-state index contributed by atoms with van der Waals surface area (Å²) in [4.78, 5) is 17.3. The third-order valence-corrected chi connectivity index (χ3v) is 5.10. The molecule has 140 valence electrons. The summed E-state index contributed by atoms with van der Waals surface area (Å²) < 4.78 is 10.7. The van der Waals surface area contributed by atoms with E-state index < -0.39 is 0 Å². The Morgan fingerprint density at radius 3 is 2.59 bits per heavy atom. The van der Waals surface area contributed by atoms with Crippen molar-refractivity contribution in [2.75, 3.05) is 19.5 Å². The Morgan fingerprint density at radius 1 is 1.15 bits per heavy atom. The summed E-state index contributed by atoms with van der Waals surface area (Å²) in [6.45, 7) is 2.01. The third-order valence-electron chi connectivity index (χ3n) is 4.34. The monoisotopic (exact) mass is 382 g/mol. The van der Waals surface area contributed by atoms with Crippen LogP contribution in [0.3, 0.4) is 0 Å². The lowest BCUT2D eigenvalue weighted by atomic mass is 9.96. The number of anilines is 1. The van der Waals surface area contributed by atoms with Gasteiger partial charge in [0, 0.05) is 10.9 Å². The van der Waals surface area contributed by atoms with E-state index >= 15 is 0 Å². The summed E-state index contributed by atoms with van der Waals surface area (Å²) in [6, 6.07) is 15.3. The van der Waals surface area contributed by atoms with Gasteiger partial charge in [-0.05, 0) is 30.2 Å². The van der Waals surface area contributed by atoms with E-state index in [-0.39, 0.29) is 11.8 Å². The molecule has 6 heteroatoms. The van der Waals surface area contributed by atoms with Gasteiger partial charge in [0.15, 0.2) is 5.13 Å². The molecule has 1 heterocycles. The molecule has 0 aliphatic rings. The topological polar surface area (TPSA) is 60.5 Å². The second kappa shape index (κ2) is 8.68. The number of hydrogen-bond acceptors (Lipinski definition) is 5. The number of nitrogens with zero attached hydrogens (tertiary/aromatic N) is 1. The lowest BCUT2D eigenvalue weighted by Gasteiger charge is -2.14. The van der Waals surface area contributed by atoms with Crippen molar-refractivity contribution >= 4 is 22.4 Å². The Balaban J connectivity index is 1.81. The van der Waals surface area contributed by atoms with Gasteiger partial charge in [-0.2, -0.15) is 0 Å². The summed E-state index contributed by atoms with van der Waals surface area (Å²) >= 11 is 1.39. The van der Waals surface area contributed by atoms with Crippen molar-refractivity contribution in [2.45, 2.75) is 19.3 Å². The maximum absolute atomic E-state index is 12.7. The fourth-order valence-corrected chi connectivity index (χ4v) is 3.63. The zero-order valence-electron chi connectivity index (χ0n) is 15.6. The molecule has 27 heavy (non-hydrogen) atoms.